The molecule has 1 aliphatic carbocycles. The minimum Gasteiger partial charge on any atom is -0.465 e. The summed E-state index contributed by atoms with van der Waals surface area (Å²) < 4.78 is 4.63. The lowest BCUT2D eigenvalue weighted by Crippen LogP contribution is -2.14. The van der Waals surface area contributed by atoms with E-state index in [9.17, 15) is 4.79 Å². The van der Waals surface area contributed by atoms with Crippen molar-refractivity contribution >= 4 is 34.0 Å². The minimum atomic E-state index is -0.433. The van der Waals surface area contributed by atoms with Gasteiger partial charge in [0, 0.05) is 6.54 Å². The fourth-order valence-electron chi connectivity index (χ4n) is 1.69. The second kappa shape index (κ2) is 4.82. The van der Waals surface area contributed by atoms with Gasteiger partial charge >= 0.3 is 5.97 Å². The number of rotatable bonds is 5. The Hall–Kier alpha value is -0.810. The molecule has 0 bridgehead atoms. The summed E-state index contributed by atoms with van der Waals surface area (Å²) in [5, 5.41) is 4.16. The number of thiazole rings is 1. The molecule has 1 saturated carbocycles. The monoisotopic (exact) mass is 274 g/mol. The van der Waals surface area contributed by atoms with E-state index < -0.39 is 5.97 Å². The van der Waals surface area contributed by atoms with Gasteiger partial charge in [-0.1, -0.05) is 29.9 Å². The molecule has 0 unspecified atom stereocenters. The van der Waals surface area contributed by atoms with Gasteiger partial charge in [0.15, 0.2) is 15.2 Å². The van der Waals surface area contributed by atoms with E-state index in [0.29, 0.717) is 15.4 Å². The number of carbonyl (C=O) groups excluding carboxylic acids is 1. The summed E-state index contributed by atoms with van der Waals surface area (Å²) in [6.07, 6.45) is 3.70. The van der Waals surface area contributed by atoms with Crippen LogP contribution in [0.5, 0.6) is 0 Å². The van der Waals surface area contributed by atoms with Gasteiger partial charge in [0.25, 0.3) is 0 Å². The topological polar surface area (TPSA) is 51.2 Å². The molecule has 1 fully saturated rings. The van der Waals surface area contributed by atoms with Gasteiger partial charge in [-0.3, -0.25) is 0 Å². The van der Waals surface area contributed by atoms with Crippen LogP contribution in [0.15, 0.2) is 0 Å². The molecule has 0 spiro atoms. The fourth-order valence-corrected chi connectivity index (χ4v) is 2.79. The van der Waals surface area contributed by atoms with Gasteiger partial charge < -0.3 is 10.1 Å². The number of hydrogen-bond acceptors (Lipinski definition) is 5. The van der Waals surface area contributed by atoms with Crippen LogP contribution in [0.3, 0.4) is 0 Å². The summed E-state index contributed by atoms with van der Waals surface area (Å²) in [6, 6.07) is 0. The van der Waals surface area contributed by atoms with Gasteiger partial charge in [0.1, 0.15) is 0 Å². The number of anilines is 1. The third kappa shape index (κ3) is 2.72. The molecule has 1 N–H and O–H groups in total. The van der Waals surface area contributed by atoms with Crippen molar-refractivity contribution in [1.29, 1.82) is 0 Å². The van der Waals surface area contributed by atoms with Gasteiger partial charge in [-0.05, 0) is 24.7 Å². The molecule has 0 atom stereocenters. The largest absolute Gasteiger partial charge is 0.465 e. The Kier molecular flexibility index (Phi) is 3.58. The maximum atomic E-state index is 11.4. The molecular weight excluding hydrogens is 260 g/mol. The second-order valence-electron chi connectivity index (χ2n) is 4.34. The van der Waals surface area contributed by atoms with E-state index in [2.05, 4.69) is 22.0 Å². The van der Waals surface area contributed by atoms with E-state index >= 15 is 0 Å². The number of halogens is 1. The minimum absolute atomic E-state index is 0.214. The maximum absolute atomic E-state index is 11.4. The number of nitrogens with zero attached hydrogens (tertiary/aromatic N) is 1. The normalized spacial score (nSPS) is 16.6. The number of aromatic nitrogens is 1. The van der Waals surface area contributed by atoms with Crippen molar-refractivity contribution in [3.63, 3.8) is 0 Å². The van der Waals surface area contributed by atoms with E-state index in [1.54, 1.807) is 0 Å². The van der Waals surface area contributed by atoms with Gasteiger partial charge in [-0.2, -0.15) is 0 Å². The first-order chi connectivity index (χ1) is 8.10. The van der Waals surface area contributed by atoms with Crippen molar-refractivity contribution in [2.75, 3.05) is 19.0 Å². The predicted octanol–water partition coefficient (Wildman–Crippen LogP) is 3.19. The van der Waals surface area contributed by atoms with Crippen molar-refractivity contribution in [3.8, 4) is 0 Å². The Morgan fingerprint density at radius 3 is 2.88 bits per heavy atom. The van der Waals surface area contributed by atoms with Gasteiger partial charge in [-0.15, -0.1) is 0 Å². The van der Waals surface area contributed by atoms with Crippen LogP contribution >= 0.6 is 22.9 Å². The van der Waals surface area contributed by atoms with Crippen LogP contribution in [-0.4, -0.2) is 24.6 Å². The standard InChI is InChI=1S/C11H15ClN2O2S/c1-3-11(4-5-11)6-13-10-14-8(12)7(17-10)9(15)16-2/h3-6H2,1-2H3,(H,13,14). The number of methoxy groups -OCH3 is 1. The zero-order valence-corrected chi connectivity index (χ0v) is 11.5. The Labute approximate surface area is 109 Å². The molecule has 1 heterocycles. The average Bonchev–Trinajstić information content (AvgIpc) is 3.03. The summed E-state index contributed by atoms with van der Waals surface area (Å²) in [6.45, 7) is 3.09. The highest BCUT2D eigenvalue weighted by Crippen LogP contribution is 2.48. The van der Waals surface area contributed by atoms with Crippen LogP contribution < -0.4 is 5.32 Å². The van der Waals surface area contributed by atoms with Crippen LogP contribution in [-0.2, 0) is 4.74 Å². The van der Waals surface area contributed by atoms with E-state index in [4.69, 9.17) is 11.6 Å². The molecule has 0 radical (unpaired) electrons. The molecule has 0 aromatic carbocycles. The number of nitrogens with one attached hydrogen (secondary N) is 1. The molecular formula is C11H15ClN2O2S. The Morgan fingerprint density at radius 2 is 2.35 bits per heavy atom. The highest BCUT2D eigenvalue weighted by molar-refractivity contribution is 7.18. The summed E-state index contributed by atoms with van der Waals surface area (Å²) in [5.41, 5.74) is 0.434. The van der Waals surface area contributed by atoms with Gasteiger partial charge in [0.2, 0.25) is 0 Å². The summed E-state index contributed by atoms with van der Waals surface area (Å²) in [4.78, 5) is 15.8. The molecule has 0 saturated heterocycles. The lowest BCUT2D eigenvalue weighted by atomic mass is 10.0. The molecule has 2 rings (SSSR count). The fraction of sp³-hybridized carbons (Fsp3) is 0.636. The molecule has 94 valence electrons. The molecule has 6 heteroatoms. The zero-order chi connectivity index (χ0) is 12.5. The van der Waals surface area contributed by atoms with Crippen molar-refractivity contribution in [1.82, 2.24) is 4.98 Å². The van der Waals surface area contributed by atoms with E-state index in [0.717, 1.165) is 6.54 Å². The van der Waals surface area contributed by atoms with Crippen LogP contribution in [0.2, 0.25) is 5.15 Å². The zero-order valence-electron chi connectivity index (χ0n) is 9.88. The molecule has 1 aromatic heterocycles. The number of carbonyl (C=O) groups is 1. The van der Waals surface area contributed by atoms with E-state index in [-0.39, 0.29) is 5.15 Å². The van der Waals surface area contributed by atoms with Gasteiger partial charge in [0.05, 0.1) is 7.11 Å². The van der Waals surface area contributed by atoms with Crippen molar-refractivity contribution < 1.29 is 9.53 Å². The molecule has 1 aromatic rings. The number of ether oxygens (including phenoxy) is 1. The summed E-state index contributed by atoms with van der Waals surface area (Å²) >= 11 is 7.12. The smallest absolute Gasteiger partial charge is 0.351 e. The maximum Gasteiger partial charge on any atom is 0.351 e. The van der Waals surface area contributed by atoms with E-state index in [1.165, 1.54) is 37.7 Å². The SMILES string of the molecule is CCC1(CNc2nc(Cl)c(C(=O)OC)s2)CC1. The second-order valence-corrected chi connectivity index (χ2v) is 5.69. The summed E-state index contributed by atoms with van der Waals surface area (Å²) in [5.74, 6) is -0.433. The Bertz CT molecular complexity index is 429. The highest BCUT2D eigenvalue weighted by atomic mass is 35.5. The van der Waals surface area contributed by atoms with Crippen molar-refractivity contribution in [2.24, 2.45) is 5.41 Å². The molecule has 1 aliphatic rings. The lowest BCUT2D eigenvalue weighted by Gasteiger charge is -2.11. The number of esters is 1. The van der Waals surface area contributed by atoms with Crippen LogP contribution in [0.4, 0.5) is 5.13 Å². The van der Waals surface area contributed by atoms with Crippen LogP contribution in [0.1, 0.15) is 35.9 Å². The number of hydrogen-bond donors (Lipinski definition) is 1. The predicted molar refractivity (Wildman–Crippen MR) is 68.9 cm³/mol. The third-order valence-electron chi connectivity index (χ3n) is 3.28. The first kappa shape index (κ1) is 12.6. The Balaban J connectivity index is 2.00. The van der Waals surface area contributed by atoms with E-state index in [1.807, 2.05) is 0 Å². The molecule has 0 aliphatic heterocycles. The molecule has 4 nitrogen and oxygen atoms in total. The van der Waals surface area contributed by atoms with Crippen LogP contribution in [0, 0.1) is 5.41 Å². The third-order valence-corrected chi connectivity index (χ3v) is 4.66. The average molecular weight is 275 g/mol. The Morgan fingerprint density at radius 1 is 1.65 bits per heavy atom. The van der Waals surface area contributed by atoms with Crippen molar-refractivity contribution in [2.45, 2.75) is 26.2 Å². The highest BCUT2D eigenvalue weighted by Gasteiger charge is 2.40. The van der Waals surface area contributed by atoms with Crippen LogP contribution in [0.25, 0.3) is 0 Å². The quantitative estimate of drug-likeness (QED) is 0.838. The van der Waals surface area contributed by atoms with Crippen molar-refractivity contribution in [3.05, 3.63) is 10.0 Å². The first-order valence-corrected chi connectivity index (χ1v) is 6.78. The molecule has 17 heavy (non-hydrogen) atoms. The summed E-state index contributed by atoms with van der Waals surface area (Å²) in [7, 11) is 1.34. The first-order valence-electron chi connectivity index (χ1n) is 5.59. The molecule has 0 amide bonds. The lowest BCUT2D eigenvalue weighted by molar-refractivity contribution is 0.0606. The van der Waals surface area contributed by atoms with Gasteiger partial charge in [-0.25, -0.2) is 9.78 Å².